The molecule has 0 aliphatic heterocycles. The van der Waals surface area contributed by atoms with Crippen LogP contribution < -0.4 is 0 Å². The van der Waals surface area contributed by atoms with E-state index in [9.17, 15) is 4.79 Å². The SMILES string of the molecule is CC(Cl)(Cl)OC=O.[KH]. The molecule has 2 nitrogen and oxygen atoms in total. The summed E-state index contributed by atoms with van der Waals surface area (Å²) in [6.07, 6.45) is 0. The van der Waals surface area contributed by atoms with Crippen molar-refractivity contribution in [3.8, 4) is 0 Å². The molecule has 0 rings (SSSR count). The number of carbonyl (C=O) groups is 1. The van der Waals surface area contributed by atoms with Gasteiger partial charge in [0.25, 0.3) is 11.0 Å². The van der Waals surface area contributed by atoms with Crippen molar-refractivity contribution in [3.05, 3.63) is 0 Å². The van der Waals surface area contributed by atoms with Crippen LogP contribution in [0.1, 0.15) is 6.92 Å². The van der Waals surface area contributed by atoms with Gasteiger partial charge in [0.15, 0.2) is 0 Å². The third-order valence-corrected chi connectivity index (χ3v) is 0.433. The molecule has 0 aliphatic rings. The van der Waals surface area contributed by atoms with Crippen LogP contribution in [0.15, 0.2) is 0 Å². The van der Waals surface area contributed by atoms with Gasteiger partial charge in [-0.25, -0.2) is 0 Å². The van der Waals surface area contributed by atoms with Gasteiger partial charge in [-0.05, 0) is 0 Å². The molecular formula is C3H5Cl2KO2. The van der Waals surface area contributed by atoms with E-state index >= 15 is 0 Å². The van der Waals surface area contributed by atoms with E-state index in [0.29, 0.717) is 0 Å². The molecule has 0 heterocycles. The van der Waals surface area contributed by atoms with E-state index in [-0.39, 0.29) is 57.9 Å². The fourth-order valence-corrected chi connectivity index (χ4v) is 0.157. The Morgan fingerprint density at radius 3 is 2.00 bits per heavy atom. The van der Waals surface area contributed by atoms with Gasteiger partial charge in [0.2, 0.25) is 0 Å². The fraction of sp³-hybridized carbons (Fsp3) is 0.667. The molecule has 0 spiro atoms. The van der Waals surface area contributed by atoms with E-state index in [1.165, 1.54) is 6.92 Å². The zero-order valence-electron chi connectivity index (χ0n) is 3.65. The van der Waals surface area contributed by atoms with Crippen molar-refractivity contribution in [3.63, 3.8) is 0 Å². The summed E-state index contributed by atoms with van der Waals surface area (Å²) in [5.41, 5.74) is 0. The van der Waals surface area contributed by atoms with Gasteiger partial charge in [0.1, 0.15) is 0 Å². The molecule has 0 fully saturated rings. The van der Waals surface area contributed by atoms with E-state index in [1.807, 2.05) is 0 Å². The average molecular weight is 183 g/mol. The van der Waals surface area contributed by atoms with Crippen molar-refractivity contribution >= 4 is 81.1 Å². The number of ether oxygens (including phenoxy) is 1. The van der Waals surface area contributed by atoms with E-state index in [1.54, 1.807) is 0 Å². The summed E-state index contributed by atoms with van der Waals surface area (Å²) in [4.78, 5) is 9.43. The van der Waals surface area contributed by atoms with Crippen molar-refractivity contribution in [2.24, 2.45) is 0 Å². The number of carbonyl (C=O) groups excluding carboxylic acids is 1. The number of halogens is 2. The molecule has 5 heteroatoms. The topological polar surface area (TPSA) is 26.3 Å². The van der Waals surface area contributed by atoms with Crippen LogP contribution >= 0.6 is 23.2 Å². The third kappa shape index (κ3) is 10.6. The molecule has 0 atom stereocenters. The molecule has 0 N–H and O–H groups in total. The van der Waals surface area contributed by atoms with Crippen molar-refractivity contribution in [1.29, 1.82) is 0 Å². The first kappa shape index (κ1) is 12.4. The Morgan fingerprint density at radius 1 is 1.62 bits per heavy atom. The molecule has 0 radical (unpaired) electrons. The summed E-state index contributed by atoms with van der Waals surface area (Å²) in [6, 6.07) is 0. The molecule has 8 heavy (non-hydrogen) atoms. The van der Waals surface area contributed by atoms with Gasteiger partial charge < -0.3 is 4.74 Å². The van der Waals surface area contributed by atoms with Gasteiger partial charge in [-0.2, -0.15) is 0 Å². The van der Waals surface area contributed by atoms with Crippen LogP contribution in [0.4, 0.5) is 0 Å². The quantitative estimate of drug-likeness (QED) is 0.357. The molecule has 0 aromatic rings. The minimum atomic E-state index is -1.37. The van der Waals surface area contributed by atoms with Crippen LogP contribution in [0.25, 0.3) is 0 Å². The molecule has 0 amide bonds. The van der Waals surface area contributed by atoms with Crippen molar-refractivity contribution in [2.45, 2.75) is 11.4 Å². The Bertz CT molecular complexity index is 70.2. The van der Waals surface area contributed by atoms with Crippen LogP contribution in [-0.2, 0) is 9.53 Å². The van der Waals surface area contributed by atoms with Gasteiger partial charge in [0, 0.05) is 6.92 Å². The Hall–Kier alpha value is 1.69. The van der Waals surface area contributed by atoms with Crippen LogP contribution in [0, 0.1) is 0 Å². The van der Waals surface area contributed by atoms with E-state index in [2.05, 4.69) is 4.74 Å². The number of alkyl halides is 2. The summed E-state index contributed by atoms with van der Waals surface area (Å²) in [5.74, 6) is 0. The van der Waals surface area contributed by atoms with E-state index < -0.39 is 4.52 Å². The van der Waals surface area contributed by atoms with Gasteiger partial charge in [-0.3, -0.25) is 4.79 Å². The maximum atomic E-state index is 9.43. The minimum absolute atomic E-state index is 0. The summed E-state index contributed by atoms with van der Waals surface area (Å²) in [6.45, 7) is 1.55. The van der Waals surface area contributed by atoms with E-state index in [4.69, 9.17) is 23.2 Å². The molecule has 0 aliphatic carbocycles. The Morgan fingerprint density at radius 2 is 2.00 bits per heavy atom. The van der Waals surface area contributed by atoms with Gasteiger partial charge in [0.05, 0.1) is 0 Å². The van der Waals surface area contributed by atoms with Gasteiger partial charge in [-0.1, -0.05) is 23.2 Å². The second-order valence-electron chi connectivity index (χ2n) is 1.02. The second-order valence-corrected chi connectivity index (χ2v) is 2.66. The fourth-order valence-electron chi connectivity index (χ4n) is 0.0845. The number of hydrogen-bond donors (Lipinski definition) is 0. The van der Waals surface area contributed by atoms with Gasteiger partial charge in [-0.15, -0.1) is 0 Å². The molecule has 0 aromatic carbocycles. The molecule has 44 valence electrons. The first-order valence-corrected chi connectivity index (χ1v) is 2.31. The molecule has 0 unspecified atom stereocenters. The molecule has 0 saturated heterocycles. The monoisotopic (exact) mass is 182 g/mol. The molecule has 0 saturated carbocycles. The Kier molecular flexibility index (Phi) is 8.46. The van der Waals surface area contributed by atoms with Gasteiger partial charge >= 0.3 is 51.4 Å². The van der Waals surface area contributed by atoms with Crippen LogP contribution in [0.3, 0.4) is 0 Å². The maximum absolute atomic E-state index is 9.43. The molecule has 0 bridgehead atoms. The predicted octanol–water partition coefficient (Wildman–Crippen LogP) is 0.662. The summed E-state index contributed by atoms with van der Waals surface area (Å²) in [5, 5.41) is 0. The Labute approximate surface area is 100 Å². The second kappa shape index (κ2) is 5.47. The first-order valence-electron chi connectivity index (χ1n) is 1.55. The summed E-state index contributed by atoms with van der Waals surface area (Å²) >= 11 is 10.3. The van der Waals surface area contributed by atoms with Crippen molar-refractivity contribution in [1.82, 2.24) is 0 Å². The van der Waals surface area contributed by atoms with Crippen LogP contribution in [0.5, 0.6) is 0 Å². The van der Waals surface area contributed by atoms with E-state index in [0.717, 1.165) is 0 Å². The number of hydrogen-bond acceptors (Lipinski definition) is 2. The zero-order chi connectivity index (χ0) is 5.91. The average Bonchev–Trinajstić information content (AvgIpc) is 1.30. The predicted molar refractivity (Wildman–Crippen MR) is 34.4 cm³/mol. The Balaban J connectivity index is 0. The molecule has 0 aromatic heterocycles. The van der Waals surface area contributed by atoms with Crippen molar-refractivity contribution in [2.75, 3.05) is 0 Å². The van der Waals surface area contributed by atoms with Crippen LogP contribution in [-0.4, -0.2) is 62.4 Å². The zero-order valence-corrected chi connectivity index (χ0v) is 5.16. The molecular weight excluding hydrogens is 178 g/mol. The van der Waals surface area contributed by atoms with Crippen molar-refractivity contribution < 1.29 is 9.53 Å². The van der Waals surface area contributed by atoms with Crippen LogP contribution in [0.2, 0.25) is 0 Å². The summed E-state index contributed by atoms with van der Waals surface area (Å²) < 4.78 is 2.71. The third-order valence-electron chi connectivity index (χ3n) is 0.255. The first-order chi connectivity index (χ1) is 3.06. The number of rotatable bonds is 2. The normalized spacial score (nSPS) is 9.38. The standard InChI is InChI=1S/C3H4Cl2O2.K.H/c1-3(4,5)7-2-6;;/h2H,1H3;;. The summed E-state index contributed by atoms with van der Waals surface area (Å²) in [7, 11) is 0.